The number of aromatic amines is 1. The smallest absolute Gasteiger partial charge is 0.355 e. The molecule has 0 fully saturated rings. The second kappa shape index (κ2) is 7.63. The van der Waals surface area contributed by atoms with Crippen LogP contribution in [0.1, 0.15) is 52.9 Å². The number of carbonyl (C=O) groups is 3. The number of hydrogen-bond acceptors (Lipinski definition) is 5. The van der Waals surface area contributed by atoms with Crippen LogP contribution < -0.4 is 5.32 Å². The Morgan fingerprint density at radius 3 is 2.36 bits per heavy atom. The largest absolute Gasteiger partial charge is 0.461 e. The van der Waals surface area contributed by atoms with Gasteiger partial charge in [0.25, 0.3) is 5.91 Å². The minimum absolute atomic E-state index is 0.219. The first-order valence-electron chi connectivity index (χ1n) is 7.18. The van der Waals surface area contributed by atoms with Crippen molar-refractivity contribution >= 4 is 17.8 Å². The molecule has 1 heterocycles. The van der Waals surface area contributed by atoms with Crippen molar-refractivity contribution in [3.63, 3.8) is 0 Å². The fourth-order valence-corrected chi connectivity index (χ4v) is 2.05. The fourth-order valence-electron chi connectivity index (χ4n) is 2.05. The summed E-state index contributed by atoms with van der Waals surface area (Å²) in [6.45, 7) is 8.95. The van der Waals surface area contributed by atoms with E-state index in [-0.39, 0.29) is 23.8 Å². The molecule has 22 heavy (non-hydrogen) atoms. The molecule has 0 aliphatic rings. The Bertz CT molecular complexity index is 577. The second-order valence-corrected chi connectivity index (χ2v) is 4.79. The molecule has 122 valence electrons. The van der Waals surface area contributed by atoms with Gasteiger partial charge >= 0.3 is 11.9 Å². The number of likely N-dealkylation sites (N-methyl/N-ethyl adjacent to an activating group) is 1. The minimum Gasteiger partial charge on any atom is -0.461 e. The topological polar surface area (TPSA) is 97.5 Å². The molecule has 0 aromatic carbocycles. The second-order valence-electron chi connectivity index (χ2n) is 4.79. The van der Waals surface area contributed by atoms with Crippen molar-refractivity contribution < 1.29 is 23.9 Å². The van der Waals surface area contributed by atoms with Gasteiger partial charge in [0.05, 0.1) is 12.2 Å². The molecule has 7 heteroatoms. The van der Waals surface area contributed by atoms with Crippen LogP contribution in [-0.4, -0.2) is 42.1 Å². The van der Waals surface area contributed by atoms with Gasteiger partial charge in [-0.15, -0.1) is 0 Å². The maximum Gasteiger partial charge on any atom is 0.355 e. The van der Waals surface area contributed by atoms with E-state index in [0.717, 1.165) is 0 Å². The van der Waals surface area contributed by atoms with Gasteiger partial charge in [0.2, 0.25) is 0 Å². The molecule has 1 aromatic rings. The van der Waals surface area contributed by atoms with E-state index >= 15 is 0 Å². The third-order valence-electron chi connectivity index (χ3n) is 3.13. The van der Waals surface area contributed by atoms with E-state index < -0.39 is 18.0 Å². The number of hydrogen-bond donors (Lipinski definition) is 2. The quantitative estimate of drug-likeness (QED) is 0.776. The van der Waals surface area contributed by atoms with Crippen molar-refractivity contribution in [3.8, 4) is 0 Å². The van der Waals surface area contributed by atoms with Crippen LogP contribution in [0.5, 0.6) is 0 Å². The SMILES string of the molecule is CCNC(=O)[C@@H](C)OC(=O)c1c(C)[nH]c(C(=O)OCC)c1C. The first-order chi connectivity index (χ1) is 10.3. The Labute approximate surface area is 129 Å². The third kappa shape index (κ3) is 3.87. The molecule has 0 radical (unpaired) electrons. The van der Waals surface area contributed by atoms with Crippen molar-refractivity contribution in [2.45, 2.75) is 40.7 Å². The lowest BCUT2D eigenvalue weighted by Crippen LogP contribution is -2.35. The summed E-state index contributed by atoms with van der Waals surface area (Å²) in [5.74, 6) is -1.55. The van der Waals surface area contributed by atoms with Crippen LogP contribution in [0.3, 0.4) is 0 Å². The summed E-state index contributed by atoms with van der Waals surface area (Å²) < 4.78 is 10.1. The number of aryl methyl sites for hydroxylation is 1. The highest BCUT2D eigenvalue weighted by molar-refractivity contribution is 5.99. The molecule has 0 spiro atoms. The molecule has 0 bridgehead atoms. The number of H-pyrrole nitrogens is 1. The number of carbonyl (C=O) groups excluding carboxylic acids is 3. The Morgan fingerprint density at radius 1 is 1.18 bits per heavy atom. The molecule has 0 saturated carbocycles. The first-order valence-corrected chi connectivity index (χ1v) is 7.18. The highest BCUT2D eigenvalue weighted by atomic mass is 16.5. The third-order valence-corrected chi connectivity index (χ3v) is 3.13. The first kappa shape index (κ1) is 17.7. The molecule has 1 amide bonds. The number of aromatic nitrogens is 1. The van der Waals surface area contributed by atoms with E-state index in [1.54, 1.807) is 27.7 Å². The molecule has 0 saturated heterocycles. The monoisotopic (exact) mass is 310 g/mol. The van der Waals surface area contributed by atoms with Gasteiger partial charge in [-0.05, 0) is 40.2 Å². The van der Waals surface area contributed by atoms with Crippen LogP contribution in [0, 0.1) is 13.8 Å². The lowest BCUT2D eigenvalue weighted by molar-refractivity contribution is -0.128. The Morgan fingerprint density at radius 2 is 1.82 bits per heavy atom. The molecular weight excluding hydrogens is 288 g/mol. The van der Waals surface area contributed by atoms with Crippen molar-refractivity contribution in [2.75, 3.05) is 13.2 Å². The van der Waals surface area contributed by atoms with Crippen LogP contribution in [-0.2, 0) is 14.3 Å². The van der Waals surface area contributed by atoms with Gasteiger partial charge in [-0.1, -0.05) is 0 Å². The van der Waals surface area contributed by atoms with Gasteiger partial charge in [0.1, 0.15) is 5.69 Å². The van der Waals surface area contributed by atoms with Gasteiger partial charge < -0.3 is 19.8 Å². The summed E-state index contributed by atoms with van der Waals surface area (Å²) in [7, 11) is 0. The van der Waals surface area contributed by atoms with E-state index in [1.165, 1.54) is 6.92 Å². The van der Waals surface area contributed by atoms with Crippen molar-refractivity contribution in [1.82, 2.24) is 10.3 Å². The number of rotatable bonds is 6. The summed E-state index contributed by atoms with van der Waals surface area (Å²) in [6, 6.07) is 0. The molecule has 1 rings (SSSR count). The Hall–Kier alpha value is -2.31. The molecule has 7 nitrogen and oxygen atoms in total. The normalized spacial score (nSPS) is 11.7. The highest BCUT2D eigenvalue weighted by Gasteiger charge is 2.26. The van der Waals surface area contributed by atoms with Gasteiger partial charge in [0, 0.05) is 12.2 Å². The lowest BCUT2D eigenvalue weighted by Gasteiger charge is -2.13. The van der Waals surface area contributed by atoms with E-state index in [0.29, 0.717) is 17.8 Å². The van der Waals surface area contributed by atoms with E-state index in [1.807, 2.05) is 0 Å². The zero-order valence-corrected chi connectivity index (χ0v) is 13.5. The van der Waals surface area contributed by atoms with Crippen LogP contribution in [0.25, 0.3) is 0 Å². The molecular formula is C15H22N2O5. The van der Waals surface area contributed by atoms with Crippen LogP contribution in [0.4, 0.5) is 0 Å². The van der Waals surface area contributed by atoms with Gasteiger partial charge in [-0.2, -0.15) is 0 Å². The van der Waals surface area contributed by atoms with Crippen LogP contribution in [0.2, 0.25) is 0 Å². The number of nitrogens with one attached hydrogen (secondary N) is 2. The predicted molar refractivity (Wildman–Crippen MR) is 79.8 cm³/mol. The summed E-state index contributed by atoms with van der Waals surface area (Å²) in [6.07, 6.45) is -0.910. The standard InChI is InChI=1S/C15H22N2O5/c1-6-16-13(18)10(5)22-14(19)11-8(3)12(17-9(11)4)15(20)21-7-2/h10,17H,6-7H2,1-5H3,(H,16,18)/t10-/m1/s1. The zero-order chi connectivity index (χ0) is 16.9. The summed E-state index contributed by atoms with van der Waals surface area (Å²) in [4.78, 5) is 38.5. The average molecular weight is 310 g/mol. The van der Waals surface area contributed by atoms with E-state index in [9.17, 15) is 14.4 Å². The van der Waals surface area contributed by atoms with E-state index in [2.05, 4.69) is 10.3 Å². The van der Waals surface area contributed by atoms with Gasteiger partial charge in [-0.25, -0.2) is 9.59 Å². The predicted octanol–water partition coefficient (Wildman–Crippen LogP) is 1.49. The maximum absolute atomic E-state index is 12.2. The van der Waals surface area contributed by atoms with Crippen LogP contribution >= 0.6 is 0 Å². The molecule has 0 aliphatic carbocycles. The lowest BCUT2D eigenvalue weighted by atomic mass is 10.1. The molecule has 1 aromatic heterocycles. The van der Waals surface area contributed by atoms with Gasteiger partial charge in [-0.3, -0.25) is 4.79 Å². The van der Waals surface area contributed by atoms with E-state index in [4.69, 9.17) is 9.47 Å². The Balaban J connectivity index is 2.95. The number of ether oxygens (including phenoxy) is 2. The molecule has 2 N–H and O–H groups in total. The fraction of sp³-hybridized carbons (Fsp3) is 0.533. The highest BCUT2D eigenvalue weighted by Crippen LogP contribution is 2.20. The average Bonchev–Trinajstić information content (AvgIpc) is 2.74. The molecule has 1 atom stereocenters. The van der Waals surface area contributed by atoms with Gasteiger partial charge in [0.15, 0.2) is 6.10 Å². The molecule has 0 unspecified atom stereocenters. The van der Waals surface area contributed by atoms with Crippen molar-refractivity contribution in [2.24, 2.45) is 0 Å². The summed E-state index contributed by atoms with van der Waals surface area (Å²) in [5, 5.41) is 2.57. The van der Waals surface area contributed by atoms with Crippen molar-refractivity contribution in [3.05, 3.63) is 22.5 Å². The minimum atomic E-state index is -0.910. The number of esters is 2. The zero-order valence-electron chi connectivity index (χ0n) is 13.5. The number of amides is 1. The summed E-state index contributed by atoms with van der Waals surface area (Å²) in [5.41, 5.74) is 1.41. The summed E-state index contributed by atoms with van der Waals surface area (Å²) >= 11 is 0. The van der Waals surface area contributed by atoms with Crippen molar-refractivity contribution in [1.29, 1.82) is 0 Å². The van der Waals surface area contributed by atoms with Crippen LogP contribution in [0.15, 0.2) is 0 Å². The maximum atomic E-state index is 12.2. The molecule has 0 aliphatic heterocycles. The Kier molecular flexibility index (Phi) is 6.15.